The van der Waals surface area contributed by atoms with Gasteiger partial charge in [-0.15, -0.1) is 0 Å². The number of ether oxygens (including phenoxy) is 1. The van der Waals surface area contributed by atoms with Gasteiger partial charge in [-0.3, -0.25) is 9.59 Å². The molecule has 1 aliphatic rings. The molecular formula is C19H19NO4. The van der Waals surface area contributed by atoms with Crippen molar-refractivity contribution in [2.75, 3.05) is 0 Å². The first kappa shape index (κ1) is 16.2. The van der Waals surface area contributed by atoms with Crippen molar-refractivity contribution in [3.8, 4) is 11.1 Å². The number of rotatable bonds is 6. The summed E-state index contributed by atoms with van der Waals surface area (Å²) in [7, 11) is 0. The second-order valence-electron chi connectivity index (χ2n) is 5.92. The summed E-state index contributed by atoms with van der Waals surface area (Å²) in [6.45, 7) is 0.193. The molecule has 2 aromatic rings. The van der Waals surface area contributed by atoms with Crippen molar-refractivity contribution in [2.45, 2.75) is 31.9 Å². The van der Waals surface area contributed by atoms with Crippen LogP contribution in [0, 0.1) is 0 Å². The van der Waals surface area contributed by atoms with Gasteiger partial charge in [-0.2, -0.15) is 0 Å². The molecule has 5 nitrogen and oxygen atoms in total. The summed E-state index contributed by atoms with van der Waals surface area (Å²) >= 11 is 0. The number of benzene rings is 2. The van der Waals surface area contributed by atoms with Gasteiger partial charge in [-0.1, -0.05) is 42.5 Å². The van der Waals surface area contributed by atoms with Gasteiger partial charge in [0.05, 0.1) is 0 Å². The minimum Gasteiger partial charge on any atom is -0.480 e. The molecule has 0 amide bonds. The lowest BCUT2D eigenvalue weighted by Crippen LogP contribution is -2.30. The largest absolute Gasteiger partial charge is 0.480 e. The summed E-state index contributed by atoms with van der Waals surface area (Å²) in [5, 5.41) is 8.72. The molecule has 0 heterocycles. The molecule has 0 unspecified atom stereocenters. The maximum absolute atomic E-state index is 11.8. The highest BCUT2D eigenvalue weighted by Crippen LogP contribution is 2.38. The summed E-state index contributed by atoms with van der Waals surface area (Å²) in [5.74, 6) is -1.54. The smallest absolute Gasteiger partial charge is 0.320 e. The zero-order chi connectivity index (χ0) is 17.1. The Labute approximate surface area is 140 Å². The summed E-state index contributed by atoms with van der Waals surface area (Å²) in [4.78, 5) is 22.4. The van der Waals surface area contributed by atoms with Crippen molar-refractivity contribution in [2.24, 2.45) is 5.73 Å². The first-order valence-electron chi connectivity index (χ1n) is 7.89. The van der Waals surface area contributed by atoms with Crippen molar-refractivity contribution in [1.82, 2.24) is 0 Å². The fourth-order valence-corrected chi connectivity index (χ4v) is 2.99. The molecule has 0 radical (unpaired) electrons. The summed E-state index contributed by atoms with van der Waals surface area (Å²) < 4.78 is 5.29. The molecule has 0 aliphatic heterocycles. The molecule has 24 heavy (non-hydrogen) atoms. The summed E-state index contributed by atoms with van der Waals surface area (Å²) in [6, 6.07) is 13.2. The summed E-state index contributed by atoms with van der Waals surface area (Å²) in [6.07, 6.45) is 0.915. The van der Waals surface area contributed by atoms with Crippen molar-refractivity contribution < 1.29 is 19.4 Å². The Balaban J connectivity index is 1.64. The Morgan fingerprint density at radius 3 is 2.67 bits per heavy atom. The number of aliphatic carboxylic acids is 1. The minimum absolute atomic E-state index is 0.00269. The number of esters is 1. The van der Waals surface area contributed by atoms with Crippen LogP contribution >= 0.6 is 0 Å². The lowest BCUT2D eigenvalue weighted by molar-refractivity contribution is -0.145. The molecule has 0 fully saturated rings. The number of carbonyl (C=O) groups is 2. The first-order chi connectivity index (χ1) is 11.6. The van der Waals surface area contributed by atoms with Crippen LogP contribution in [0.4, 0.5) is 0 Å². The third-order valence-corrected chi connectivity index (χ3v) is 4.31. The number of carbonyl (C=O) groups excluding carboxylic acids is 1. The molecule has 3 N–H and O–H groups in total. The van der Waals surface area contributed by atoms with Gasteiger partial charge in [-0.05, 0) is 40.7 Å². The van der Waals surface area contributed by atoms with Gasteiger partial charge < -0.3 is 15.6 Å². The number of fused-ring (bicyclic) bond motifs is 3. The molecule has 0 aromatic heterocycles. The van der Waals surface area contributed by atoms with E-state index in [9.17, 15) is 9.59 Å². The molecule has 0 saturated heterocycles. The van der Waals surface area contributed by atoms with E-state index in [-0.39, 0.29) is 19.4 Å². The van der Waals surface area contributed by atoms with E-state index in [2.05, 4.69) is 18.2 Å². The van der Waals surface area contributed by atoms with E-state index in [1.807, 2.05) is 24.3 Å². The molecule has 1 atom stereocenters. The van der Waals surface area contributed by atoms with Crippen molar-refractivity contribution >= 4 is 11.9 Å². The van der Waals surface area contributed by atoms with Crippen LogP contribution < -0.4 is 5.73 Å². The monoisotopic (exact) mass is 325 g/mol. The minimum atomic E-state index is -1.11. The molecule has 0 saturated carbocycles. The van der Waals surface area contributed by atoms with E-state index in [1.165, 1.54) is 22.3 Å². The molecule has 3 rings (SSSR count). The fraction of sp³-hybridized carbons (Fsp3) is 0.263. The van der Waals surface area contributed by atoms with Gasteiger partial charge in [-0.25, -0.2) is 0 Å². The van der Waals surface area contributed by atoms with Crippen LogP contribution in [0.5, 0.6) is 0 Å². The van der Waals surface area contributed by atoms with Crippen LogP contribution in [0.15, 0.2) is 42.5 Å². The second-order valence-corrected chi connectivity index (χ2v) is 5.92. The molecule has 5 heteroatoms. The molecule has 124 valence electrons. The average molecular weight is 325 g/mol. The van der Waals surface area contributed by atoms with Crippen molar-refractivity contribution in [3.63, 3.8) is 0 Å². The van der Waals surface area contributed by atoms with Crippen LogP contribution in [-0.2, 0) is 27.4 Å². The molecule has 0 spiro atoms. The van der Waals surface area contributed by atoms with Crippen LogP contribution in [0.1, 0.15) is 29.5 Å². The van der Waals surface area contributed by atoms with E-state index in [0.29, 0.717) is 0 Å². The predicted molar refractivity (Wildman–Crippen MR) is 89.3 cm³/mol. The number of carboxylic acid groups (broad SMARTS) is 1. The third kappa shape index (κ3) is 3.31. The van der Waals surface area contributed by atoms with E-state index >= 15 is 0 Å². The maximum Gasteiger partial charge on any atom is 0.320 e. The first-order valence-corrected chi connectivity index (χ1v) is 7.89. The number of hydrogen-bond acceptors (Lipinski definition) is 4. The zero-order valence-electron chi connectivity index (χ0n) is 13.2. The lowest BCUT2D eigenvalue weighted by atomic mass is 10.0. The van der Waals surface area contributed by atoms with Crippen LogP contribution in [-0.4, -0.2) is 23.1 Å². The number of hydrogen-bond donors (Lipinski definition) is 2. The van der Waals surface area contributed by atoms with E-state index in [4.69, 9.17) is 15.6 Å². The lowest BCUT2D eigenvalue weighted by Gasteiger charge is -2.10. The maximum atomic E-state index is 11.8. The SMILES string of the molecule is N[C@@H](CCC(=O)OCc1cccc2c1Cc1ccccc1-2)C(=O)O. The van der Waals surface area contributed by atoms with Gasteiger partial charge in [0.2, 0.25) is 0 Å². The second kappa shape index (κ2) is 6.84. The van der Waals surface area contributed by atoms with E-state index in [0.717, 1.165) is 12.0 Å². The Bertz CT molecular complexity index is 785. The highest BCUT2D eigenvalue weighted by molar-refractivity contribution is 5.78. The van der Waals surface area contributed by atoms with Crippen LogP contribution in [0.25, 0.3) is 11.1 Å². The summed E-state index contributed by atoms with van der Waals surface area (Å²) in [5.41, 5.74) is 11.3. The Kier molecular flexibility index (Phi) is 4.62. The highest BCUT2D eigenvalue weighted by Gasteiger charge is 2.21. The van der Waals surface area contributed by atoms with Crippen molar-refractivity contribution in [1.29, 1.82) is 0 Å². The van der Waals surface area contributed by atoms with Crippen LogP contribution in [0.3, 0.4) is 0 Å². The molecular weight excluding hydrogens is 306 g/mol. The highest BCUT2D eigenvalue weighted by atomic mass is 16.5. The van der Waals surface area contributed by atoms with Gasteiger partial charge in [0, 0.05) is 6.42 Å². The normalized spacial score (nSPS) is 13.0. The number of nitrogens with two attached hydrogens (primary N) is 1. The standard InChI is InChI=1S/C19H19NO4/c20-17(19(22)23)8-9-18(21)24-11-13-5-3-7-15-14-6-2-1-4-12(14)10-16(13)15/h1-7,17H,8-11,20H2,(H,22,23)/t17-/m0/s1. The zero-order valence-corrected chi connectivity index (χ0v) is 13.2. The Morgan fingerprint density at radius 1 is 1.12 bits per heavy atom. The average Bonchev–Trinajstić information content (AvgIpc) is 2.97. The van der Waals surface area contributed by atoms with Crippen LogP contribution in [0.2, 0.25) is 0 Å². The van der Waals surface area contributed by atoms with E-state index in [1.54, 1.807) is 0 Å². The van der Waals surface area contributed by atoms with Gasteiger partial charge in [0.15, 0.2) is 0 Å². The third-order valence-electron chi connectivity index (χ3n) is 4.31. The van der Waals surface area contributed by atoms with Gasteiger partial charge in [0.25, 0.3) is 0 Å². The van der Waals surface area contributed by atoms with E-state index < -0.39 is 18.0 Å². The molecule has 0 bridgehead atoms. The topological polar surface area (TPSA) is 89.6 Å². The Morgan fingerprint density at radius 2 is 1.88 bits per heavy atom. The van der Waals surface area contributed by atoms with Gasteiger partial charge in [0.1, 0.15) is 12.6 Å². The number of carboxylic acids is 1. The molecule has 1 aliphatic carbocycles. The predicted octanol–water partition coefficient (Wildman–Crippen LogP) is 2.49. The fourth-order valence-electron chi connectivity index (χ4n) is 2.99. The molecule has 2 aromatic carbocycles. The van der Waals surface area contributed by atoms with Crippen molar-refractivity contribution in [3.05, 3.63) is 59.2 Å². The Hall–Kier alpha value is -2.66. The quantitative estimate of drug-likeness (QED) is 0.680. The van der Waals surface area contributed by atoms with Gasteiger partial charge >= 0.3 is 11.9 Å².